The van der Waals surface area contributed by atoms with Crippen LogP contribution >= 0.6 is 11.6 Å². The van der Waals surface area contributed by atoms with E-state index in [-0.39, 0.29) is 24.7 Å². The maximum Gasteiger partial charge on any atom is 0.221 e. The van der Waals surface area contributed by atoms with Crippen LogP contribution in [-0.2, 0) is 4.79 Å². The molecule has 0 atom stereocenters. The van der Waals surface area contributed by atoms with E-state index >= 15 is 0 Å². The number of hydrogen-bond donors (Lipinski definition) is 2. The van der Waals surface area contributed by atoms with Gasteiger partial charge in [0, 0.05) is 23.9 Å². The monoisotopic (exact) mass is 240 g/mol. The molecule has 1 aromatic carbocycles. The fourth-order valence-corrected chi connectivity index (χ4v) is 1.49. The maximum absolute atomic E-state index is 11.7. The maximum atomic E-state index is 11.7. The van der Waals surface area contributed by atoms with Crippen LogP contribution in [0.5, 0.6) is 0 Å². The van der Waals surface area contributed by atoms with E-state index in [1.54, 1.807) is 18.2 Å². The van der Waals surface area contributed by atoms with Crippen LogP contribution in [-0.4, -0.2) is 18.2 Å². The van der Waals surface area contributed by atoms with Gasteiger partial charge in [-0.25, -0.2) is 0 Å². The van der Waals surface area contributed by atoms with Crippen LogP contribution in [0.4, 0.5) is 5.69 Å². The molecule has 4 nitrogen and oxygen atoms in total. The van der Waals surface area contributed by atoms with Gasteiger partial charge in [0.05, 0.1) is 5.69 Å². The summed E-state index contributed by atoms with van der Waals surface area (Å²) >= 11 is 5.79. The minimum Gasteiger partial charge on any atom is -0.330 e. The number of carbonyl (C=O) groups excluding carboxylic acids is 2. The number of amides is 1. The molecule has 0 radical (unpaired) electrons. The molecule has 0 aliphatic rings. The number of ketones is 1. The van der Waals surface area contributed by atoms with Crippen molar-refractivity contribution in [2.75, 3.05) is 11.9 Å². The highest BCUT2D eigenvalue weighted by atomic mass is 35.5. The zero-order valence-electron chi connectivity index (χ0n) is 8.92. The van der Waals surface area contributed by atoms with Gasteiger partial charge in [-0.15, -0.1) is 0 Å². The molecule has 1 aromatic rings. The van der Waals surface area contributed by atoms with Crippen molar-refractivity contribution in [3.05, 3.63) is 28.8 Å². The summed E-state index contributed by atoms with van der Waals surface area (Å²) in [4.78, 5) is 22.7. The summed E-state index contributed by atoms with van der Waals surface area (Å²) in [7, 11) is 0. The van der Waals surface area contributed by atoms with Crippen LogP contribution in [0.15, 0.2) is 18.2 Å². The zero-order valence-corrected chi connectivity index (χ0v) is 9.67. The first-order valence-corrected chi connectivity index (χ1v) is 5.23. The predicted molar refractivity (Wildman–Crippen MR) is 63.8 cm³/mol. The summed E-state index contributed by atoms with van der Waals surface area (Å²) < 4.78 is 0. The number of nitrogens with two attached hydrogens (primary N) is 1. The van der Waals surface area contributed by atoms with Crippen LogP contribution in [0.2, 0.25) is 5.02 Å². The van der Waals surface area contributed by atoms with Crippen molar-refractivity contribution in [2.24, 2.45) is 5.73 Å². The normalized spacial score (nSPS) is 9.94. The van der Waals surface area contributed by atoms with E-state index in [1.807, 2.05) is 0 Å². The molecule has 5 heteroatoms. The first kappa shape index (κ1) is 12.7. The molecule has 0 unspecified atom stereocenters. The van der Waals surface area contributed by atoms with Gasteiger partial charge in [-0.1, -0.05) is 11.6 Å². The van der Waals surface area contributed by atoms with Crippen LogP contribution in [0.25, 0.3) is 0 Å². The Labute approximate surface area is 98.8 Å². The highest BCUT2D eigenvalue weighted by molar-refractivity contribution is 6.31. The molecule has 0 spiro atoms. The second-order valence-corrected chi connectivity index (χ2v) is 3.77. The molecule has 0 aliphatic carbocycles. The summed E-state index contributed by atoms with van der Waals surface area (Å²) in [5, 5.41) is 3.03. The van der Waals surface area contributed by atoms with Crippen molar-refractivity contribution in [3.63, 3.8) is 0 Å². The third-order valence-corrected chi connectivity index (χ3v) is 2.20. The molecule has 0 fully saturated rings. The van der Waals surface area contributed by atoms with Crippen LogP contribution < -0.4 is 11.1 Å². The summed E-state index contributed by atoms with van der Waals surface area (Å²) in [6.45, 7) is 1.65. The molecule has 0 aromatic heterocycles. The molecular weight excluding hydrogens is 228 g/mol. The number of anilines is 1. The van der Waals surface area contributed by atoms with E-state index in [9.17, 15) is 9.59 Å². The minimum atomic E-state index is -0.246. The van der Waals surface area contributed by atoms with Gasteiger partial charge in [-0.05, 0) is 24.7 Å². The Balaban J connectivity index is 3.06. The Kier molecular flexibility index (Phi) is 4.46. The second kappa shape index (κ2) is 5.63. The minimum absolute atomic E-state index is 0.108. The van der Waals surface area contributed by atoms with Crippen LogP contribution in [0.3, 0.4) is 0 Å². The van der Waals surface area contributed by atoms with Gasteiger partial charge in [0.1, 0.15) is 0 Å². The Morgan fingerprint density at radius 2 is 2.12 bits per heavy atom. The first-order valence-electron chi connectivity index (χ1n) is 4.85. The van der Waals surface area contributed by atoms with E-state index in [1.165, 1.54) is 6.92 Å². The third-order valence-electron chi connectivity index (χ3n) is 1.96. The van der Waals surface area contributed by atoms with Gasteiger partial charge in [0.15, 0.2) is 5.78 Å². The van der Waals surface area contributed by atoms with Gasteiger partial charge in [-0.3, -0.25) is 9.59 Å². The number of halogens is 1. The van der Waals surface area contributed by atoms with Gasteiger partial charge in [0.25, 0.3) is 0 Å². The molecule has 0 saturated heterocycles. The van der Waals surface area contributed by atoms with Crippen molar-refractivity contribution < 1.29 is 9.59 Å². The standard InChI is InChI=1S/C11H13ClN2O2/c1-7(15)14-10-6-8(12)2-3-9(10)11(16)4-5-13/h2-3,6H,4-5,13H2,1H3,(H,14,15). The van der Waals surface area contributed by atoms with Crippen LogP contribution in [0.1, 0.15) is 23.7 Å². The van der Waals surface area contributed by atoms with Gasteiger partial charge in [0.2, 0.25) is 5.91 Å². The topological polar surface area (TPSA) is 72.2 Å². The van der Waals surface area contributed by atoms with Gasteiger partial charge < -0.3 is 11.1 Å². The van der Waals surface area contributed by atoms with Crippen molar-refractivity contribution in [3.8, 4) is 0 Å². The zero-order chi connectivity index (χ0) is 12.1. The number of rotatable bonds is 4. The van der Waals surface area contributed by atoms with E-state index < -0.39 is 0 Å². The average molecular weight is 241 g/mol. The van der Waals surface area contributed by atoms with Crippen LogP contribution in [0, 0.1) is 0 Å². The summed E-state index contributed by atoms with van der Waals surface area (Å²) in [5.41, 5.74) is 6.18. The predicted octanol–water partition coefficient (Wildman–Crippen LogP) is 1.83. The molecule has 0 aliphatic heterocycles. The Bertz CT molecular complexity index is 418. The average Bonchev–Trinajstić information content (AvgIpc) is 2.16. The lowest BCUT2D eigenvalue weighted by Crippen LogP contribution is -2.13. The number of carbonyl (C=O) groups is 2. The number of benzene rings is 1. The molecule has 0 heterocycles. The fourth-order valence-electron chi connectivity index (χ4n) is 1.32. The van der Waals surface area contributed by atoms with E-state index in [0.717, 1.165) is 0 Å². The molecule has 3 N–H and O–H groups in total. The molecule has 1 rings (SSSR count). The summed E-state index contributed by atoms with van der Waals surface area (Å²) in [6.07, 6.45) is 0.244. The first-order chi connectivity index (χ1) is 7.54. The Hall–Kier alpha value is -1.39. The molecule has 0 bridgehead atoms. The number of Topliss-reactive ketones (excluding diaryl/α,β-unsaturated/α-hetero) is 1. The summed E-state index contributed by atoms with van der Waals surface area (Å²) in [6, 6.07) is 4.74. The van der Waals surface area contributed by atoms with Crippen molar-refractivity contribution in [1.82, 2.24) is 0 Å². The van der Waals surface area contributed by atoms with Gasteiger partial charge in [-0.2, -0.15) is 0 Å². The summed E-state index contributed by atoms with van der Waals surface area (Å²) in [5.74, 6) is -0.355. The Morgan fingerprint density at radius 3 is 2.69 bits per heavy atom. The fraction of sp³-hybridized carbons (Fsp3) is 0.273. The molecule has 1 amide bonds. The lowest BCUT2D eigenvalue weighted by molar-refractivity contribution is -0.114. The molecule has 0 saturated carbocycles. The third kappa shape index (κ3) is 3.32. The highest BCUT2D eigenvalue weighted by Crippen LogP contribution is 2.22. The molecular formula is C11H13ClN2O2. The van der Waals surface area contributed by atoms with E-state index in [0.29, 0.717) is 16.3 Å². The van der Waals surface area contributed by atoms with Crippen molar-refractivity contribution >= 4 is 29.0 Å². The number of hydrogen-bond acceptors (Lipinski definition) is 3. The second-order valence-electron chi connectivity index (χ2n) is 3.33. The largest absolute Gasteiger partial charge is 0.330 e. The lowest BCUT2D eigenvalue weighted by Gasteiger charge is -2.09. The SMILES string of the molecule is CC(=O)Nc1cc(Cl)ccc1C(=O)CCN. The highest BCUT2D eigenvalue weighted by Gasteiger charge is 2.11. The van der Waals surface area contributed by atoms with Gasteiger partial charge >= 0.3 is 0 Å². The van der Waals surface area contributed by atoms with Crippen molar-refractivity contribution in [1.29, 1.82) is 0 Å². The van der Waals surface area contributed by atoms with Crippen molar-refractivity contribution in [2.45, 2.75) is 13.3 Å². The smallest absolute Gasteiger partial charge is 0.221 e. The van der Waals surface area contributed by atoms with E-state index in [4.69, 9.17) is 17.3 Å². The quantitative estimate of drug-likeness (QED) is 0.789. The Morgan fingerprint density at radius 1 is 1.44 bits per heavy atom. The number of nitrogens with one attached hydrogen (secondary N) is 1. The lowest BCUT2D eigenvalue weighted by atomic mass is 10.1. The molecule has 16 heavy (non-hydrogen) atoms. The van der Waals surface area contributed by atoms with E-state index in [2.05, 4.69) is 5.32 Å². The molecule has 86 valence electrons.